The average molecular weight is 391 g/mol. The molecular formula is C20H14FN5OS. The van der Waals surface area contributed by atoms with Gasteiger partial charge in [-0.2, -0.15) is 4.39 Å². The van der Waals surface area contributed by atoms with E-state index < -0.39 is 5.95 Å². The van der Waals surface area contributed by atoms with Crippen LogP contribution in [0.1, 0.15) is 15.5 Å². The van der Waals surface area contributed by atoms with Gasteiger partial charge in [-0.1, -0.05) is 12.1 Å². The first-order valence-corrected chi connectivity index (χ1v) is 9.46. The molecule has 0 aliphatic carbocycles. The predicted molar refractivity (Wildman–Crippen MR) is 108 cm³/mol. The molecule has 6 nitrogen and oxygen atoms in total. The fourth-order valence-corrected chi connectivity index (χ4v) is 3.96. The second-order valence-electron chi connectivity index (χ2n) is 6.41. The number of carbonyl (C=O) groups is 1. The monoisotopic (exact) mass is 391 g/mol. The molecule has 0 spiro atoms. The topological polar surface area (TPSA) is 86.5 Å². The summed E-state index contributed by atoms with van der Waals surface area (Å²) in [7, 11) is 0. The average Bonchev–Trinajstić information content (AvgIpc) is 3.41. The summed E-state index contributed by atoms with van der Waals surface area (Å²) in [6, 6.07) is 11.5. The molecule has 138 valence electrons. The van der Waals surface area contributed by atoms with Crippen LogP contribution in [0, 0.1) is 12.9 Å². The minimum absolute atomic E-state index is 0.241. The van der Waals surface area contributed by atoms with Gasteiger partial charge in [-0.15, -0.1) is 16.4 Å². The number of benzene rings is 2. The molecule has 1 amide bonds. The Morgan fingerprint density at radius 1 is 1.21 bits per heavy atom. The fourth-order valence-electron chi connectivity index (χ4n) is 3.36. The molecule has 8 heteroatoms. The summed E-state index contributed by atoms with van der Waals surface area (Å²) < 4.78 is 14.3. The van der Waals surface area contributed by atoms with Crippen LogP contribution in [-0.2, 0) is 0 Å². The van der Waals surface area contributed by atoms with Gasteiger partial charge in [-0.05, 0) is 42.3 Å². The van der Waals surface area contributed by atoms with E-state index in [1.54, 1.807) is 11.4 Å². The summed E-state index contributed by atoms with van der Waals surface area (Å²) >= 11 is 1.39. The van der Waals surface area contributed by atoms with Gasteiger partial charge in [0.1, 0.15) is 5.69 Å². The number of nitrogens with zero attached hydrogens (tertiary/aromatic N) is 2. The zero-order valence-corrected chi connectivity index (χ0v) is 15.5. The Morgan fingerprint density at radius 3 is 2.93 bits per heavy atom. The number of nitrogens with one attached hydrogen (secondary N) is 3. The van der Waals surface area contributed by atoms with Crippen molar-refractivity contribution < 1.29 is 9.18 Å². The van der Waals surface area contributed by atoms with E-state index in [2.05, 4.69) is 25.5 Å². The summed E-state index contributed by atoms with van der Waals surface area (Å²) in [6.07, 6.45) is 1.87. The second-order valence-corrected chi connectivity index (χ2v) is 7.47. The zero-order chi connectivity index (χ0) is 19.3. The molecule has 5 aromatic rings. The van der Waals surface area contributed by atoms with Crippen molar-refractivity contribution in [3.05, 3.63) is 64.6 Å². The molecule has 0 unspecified atom stereocenters. The van der Waals surface area contributed by atoms with Crippen molar-refractivity contribution in [2.24, 2.45) is 0 Å². The number of hydrogen-bond acceptors (Lipinski definition) is 4. The highest BCUT2D eigenvalue weighted by atomic mass is 32.1. The Bertz CT molecular complexity index is 1350. The number of hydrogen-bond donors (Lipinski definition) is 3. The molecule has 0 atom stereocenters. The van der Waals surface area contributed by atoms with Crippen molar-refractivity contribution in [1.82, 2.24) is 20.2 Å². The van der Waals surface area contributed by atoms with E-state index in [0.29, 0.717) is 16.9 Å². The first kappa shape index (κ1) is 16.6. The van der Waals surface area contributed by atoms with Crippen LogP contribution in [0.4, 0.5) is 10.1 Å². The number of halogens is 1. The summed E-state index contributed by atoms with van der Waals surface area (Å²) in [5.74, 6) is -1.05. The minimum Gasteiger partial charge on any atom is -0.361 e. The van der Waals surface area contributed by atoms with Crippen LogP contribution in [0.2, 0.25) is 0 Å². The molecule has 28 heavy (non-hydrogen) atoms. The number of carbonyl (C=O) groups excluding carboxylic acids is 1. The standard InChI is InChI=1S/C20H14FN5OS/c1-10-23-17(9-28-10)20(27)24-15-7-11(8-16-18(15)19(21)26-25-16)12-3-2-4-14-13(12)5-6-22-14/h2-9,22H,1H3,(H,24,27)(H,25,26). The van der Waals surface area contributed by atoms with Gasteiger partial charge in [0.05, 0.1) is 21.6 Å². The summed E-state index contributed by atoms with van der Waals surface area (Å²) in [5, 5.41) is 12.9. The van der Waals surface area contributed by atoms with Crippen molar-refractivity contribution in [3.63, 3.8) is 0 Å². The Labute approximate surface area is 162 Å². The largest absolute Gasteiger partial charge is 0.361 e. The fraction of sp³-hybridized carbons (Fsp3) is 0.0500. The number of aryl methyl sites for hydroxylation is 1. The lowest BCUT2D eigenvalue weighted by Crippen LogP contribution is -2.12. The molecule has 0 saturated carbocycles. The van der Waals surface area contributed by atoms with Crippen molar-refractivity contribution in [2.75, 3.05) is 5.32 Å². The van der Waals surface area contributed by atoms with Gasteiger partial charge < -0.3 is 10.3 Å². The third kappa shape index (κ3) is 2.66. The lowest BCUT2D eigenvalue weighted by Gasteiger charge is -2.10. The number of aromatic amines is 2. The summed E-state index contributed by atoms with van der Waals surface area (Å²) in [6.45, 7) is 1.83. The van der Waals surface area contributed by atoms with Crippen LogP contribution >= 0.6 is 11.3 Å². The number of amides is 1. The van der Waals surface area contributed by atoms with Gasteiger partial charge in [0.15, 0.2) is 0 Å². The van der Waals surface area contributed by atoms with Crippen LogP contribution in [0.3, 0.4) is 0 Å². The van der Waals surface area contributed by atoms with E-state index in [1.165, 1.54) is 11.3 Å². The Morgan fingerprint density at radius 2 is 2.11 bits per heavy atom. The Balaban J connectivity index is 1.66. The highest BCUT2D eigenvalue weighted by molar-refractivity contribution is 7.09. The van der Waals surface area contributed by atoms with E-state index in [9.17, 15) is 9.18 Å². The molecule has 0 fully saturated rings. The molecule has 3 N–H and O–H groups in total. The maximum atomic E-state index is 14.3. The molecule has 0 bridgehead atoms. The van der Waals surface area contributed by atoms with Crippen LogP contribution in [0.5, 0.6) is 0 Å². The Hall–Kier alpha value is -3.52. The van der Waals surface area contributed by atoms with E-state index >= 15 is 0 Å². The number of H-pyrrole nitrogens is 2. The first-order chi connectivity index (χ1) is 13.6. The van der Waals surface area contributed by atoms with Crippen LogP contribution in [-0.4, -0.2) is 26.1 Å². The van der Waals surface area contributed by atoms with Gasteiger partial charge in [-0.3, -0.25) is 9.89 Å². The van der Waals surface area contributed by atoms with E-state index in [4.69, 9.17) is 0 Å². The number of aromatic nitrogens is 4. The lowest BCUT2D eigenvalue weighted by molar-refractivity contribution is 0.102. The molecule has 0 saturated heterocycles. The molecule has 3 heterocycles. The minimum atomic E-state index is -0.661. The lowest BCUT2D eigenvalue weighted by atomic mass is 9.99. The molecule has 0 aliphatic rings. The van der Waals surface area contributed by atoms with Crippen molar-refractivity contribution in [3.8, 4) is 11.1 Å². The molecule has 2 aromatic carbocycles. The maximum absolute atomic E-state index is 14.3. The maximum Gasteiger partial charge on any atom is 0.275 e. The smallest absolute Gasteiger partial charge is 0.275 e. The molecule has 5 rings (SSSR count). The van der Waals surface area contributed by atoms with Crippen LogP contribution in [0.15, 0.2) is 48.0 Å². The van der Waals surface area contributed by atoms with Crippen LogP contribution in [0.25, 0.3) is 32.9 Å². The Kier molecular flexibility index (Phi) is 3.73. The quantitative estimate of drug-likeness (QED) is 0.410. The van der Waals surface area contributed by atoms with Crippen LogP contribution < -0.4 is 5.32 Å². The zero-order valence-electron chi connectivity index (χ0n) is 14.7. The highest BCUT2D eigenvalue weighted by Gasteiger charge is 2.18. The van der Waals surface area contributed by atoms with Gasteiger partial charge >= 0.3 is 0 Å². The number of fused-ring (bicyclic) bond motifs is 2. The van der Waals surface area contributed by atoms with Gasteiger partial charge in [0.25, 0.3) is 5.91 Å². The first-order valence-electron chi connectivity index (χ1n) is 8.58. The van der Waals surface area contributed by atoms with Crippen molar-refractivity contribution >= 4 is 44.7 Å². The van der Waals surface area contributed by atoms with Gasteiger partial charge in [0, 0.05) is 22.5 Å². The summed E-state index contributed by atoms with van der Waals surface area (Å²) in [5.41, 5.74) is 3.96. The second kappa shape index (κ2) is 6.28. The van der Waals surface area contributed by atoms with Gasteiger partial charge in [-0.25, -0.2) is 4.98 Å². The molecule has 3 aromatic heterocycles. The third-order valence-electron chi connectivity index (χ3n) is 4.62. The van der Waals surface area contributed by atoms with E-state index in [-0.39, 0.29) is 11.3 Å². The highest BCUT2D eigenvalue weighted by Crippen LogP contribution is 2.35. The molecule has 0 radical (unpaired) electrons. The number of anilines is 1. The normalized spacial score (nSPS) is 11.4. The number of thiazole rings is 1. The van der Waals surface area contributed by atoms with Gasteiger partial charge in [0.2, 0.25) is 5.95 Å². The van der Waals surface area contributed by atoms with E-state index in [1.807, 2.05) is 43.5 Å². The molecule has 0 aliphatic heterocycles. The predicted octanol–water partition coefficient (Wildman–Crippen LogP) is 4.87. The number of rotatable bonds is 3. The van der Waals surface area contributed by atoms with Crippen molar-refractivity contribution in [1.29, 1.82) is 0 Å². The van der Waals surface area contributed by atoms with Crippen molar-refractivity contribution in [2.45, 2.75) is 6.92 Å². The summed E-state index contributed by atoms with van der Waals surface area (Å²) in [4.78, 5) is 20.0. The molecular weight excluding hydrogens is 377 g/mol. The van der Waals surface area contributed by atoms with E-state index in [0.717, 1.165) is 27.0 Å². The SMILES string of the molecule is Cc1nc(C(=O)Nc2cc(-c3cccc4[nH]ccc34)cc3[nH]nc(F)c23)cs1. The third-order valence-corrected chi connectivity index (χ3v) is 5.40.